The van der Waals surface area contributed by atoms with Crippen LogP contribution in [0.4, 0.5) is 0 Å². The maximum atomic E-state index is 11.4. The quantitative estimate of drug-likeness (QED) is 0.798. The highest BCUT2D eigenvalue weighted by atomic mass is 35.5. The average molecular weight is 310 g/mol. The lowest BCUT2D eigenvalue weighted by Crippen LogP contribution is -2.48. The average Bonchev–Trinajstić information content (AvgIpc) is 2.75. The number of alkyl halides is 1. The number of nitrogens with zero attached hydrogens (tertiary/aromatic N) is 3. The van der Waals surface area contributed by atoms with E-state index in [1.54, 1.807) is 11.3 Å². The predicted molar refractivity (Wildman–Crippen MR) is 76.7 cm³/mol. The zero-order valence-electron chi connectivity index (χ0n) is 10.3. The first kappa shape index (κ1) is 15.7. The van der Waals surface area contributed by atoms with E-state index in [0.29, 0.717) is 0 Å². The second-order valence-electron chi connectivity index (χ2n) is 4.15. The van der Waals surface area contributed by atoms with Crippen LogP contribution in [0.3, 0.4) is 0 Å². The molecule has 102 valence electrons. The van der Waals surface area contributed by atoms with Crippen LogP contribution in [0.15, 0.2) is 5.38 Å². The third kappa shape index (κ3) is 4.09. The molecule has 18 heavy (non-hydrogen) atoms. The van der Waals surface area contributed by atoms with Crippen LogP contribution in [0.2, 0.25) is 0 Å². The van der Waals surface area contributed by atoms with Gasteiger partial charge < -0.3 is 4.90 Å². The summed E-state index contributed by atoms with van der Waals surface area (Å²) in [6.45, 7) is 6.25. The fraction of sp³-hybridized carbons (Fsp3) is 0.636. The van der Waals surface area contributed by atoms with Gasteiger partial charge in [0, 0.05) is 38.1 Å². The lowest BCUT2D eigenvalue weighted by molar-refractivity contribution is -0.130. The molecule has 2 rings (SSSR count). The number of amides is 1. The molecule has 0 spiro atoms. The Morgan fingerprint density at radius 1 is 1.44 bits per heavy atom. The summed E-state index contributed by atoms with van der Waals surface area (Å²) in [5.74, 6) is 0.126. The molecule has 0 aromatic carbocycles. The van der Waals surface area contributed by atoms with E-state index in [0.717, 1.165) is 43.4 Å². The number of piperazine rings is 1. The molecule has 0 radical (unpaired) electrons. The molecule has 7 heteroatoms. The van der Waals surface area contributed by atoms with E-state index < -0.39 is 0 Å². The highest BCUT2D eigenvalue weighted by Crippen LogP contribution is 2.12. The predicted octanol–water partition coefficient (Wildman–Crippen LogP) is 1.76. The van der Waals surface area contributed by atoms with Gasteiger partial charge in [-0.3, -0.25) is 9.69 Å². The zero-order valence-corrected chi connectivity index (χ0v) is 12.7. The second-order valence-corrected chi connectivity index (χ2v) is 5.48. The molecule has 1 saturated heterocycles. The minimum absolute atomic E-state index is 0. The minimum atomic E-state index is 0. The summed E-state index contributed by atoms with van der Waals surface area (Å²) in [7, 11) is 0. The maximum Gasteiger partial charge on any atom is 0.237 e. The fourth-order valence-electron chi connectivity index (χ4n) is 1.95. The van der Waals surface area contributed by atoms with E-state index in [2.05, 4.69) is 15.3 Å². The Balaban J connectivity index is 0.00000162. The van der Waals surface area contributed by atoms with E-state index in [4.69, 9.17) is 11.6 Å². The molecule has 0 atom stereocenters. The maximum absolute atomic E-state index is 11.4. The summed E-state index contributed by atoms with van der Waals surface area (Å²) in [5.41, 5.74) is 1.13. The topological polar surface area (TPSA) is 36.4 Å². The van der Waals surface area contributed by atoms with E-state index >= 15 is 0 Å². The van der Waals surface area contributed by atoms with Gasteiger partial charge in [0.05, 0.1) is 10.7 Å². The van der Waals surface area contributed by atoms with E-state index in [1.807, 2.05) is 11.8 Å². The molecular formula is C11H17Cl2N3OS. The fourth-order valence-corrected chi connectivity index (χ4v) is 2.72. The highest BCUT2D eigenvalue weighted by molar-refractivity contribution is 7.09. The molecule has 0 aliphatic carbocycles. The Kier molecular flexibility index (Phi) is 6.35. The monoisotopic (exact) mass is 309 g/mol. The van der Waals surface area contributed by atoms with E-state index in [9.17, 15) is 4.79 Å². The number of hydrogen-bond donors (Lipinski definition) is 0. The SMILES string of the molecule is Cc1nc(CN2CCN(C(=O)CCl)CC2)cs1.Cl. The zero-order chi connectivity index (χ0) is 12.3. The van der Waals surface area contributed by atoms with Crippen molar-refractivity contribution in [2.24, 2.45) is 0 Å². The first-order valence-electron chi connectivity index (χ1n) is 5.66. The van der Waals surface area contributed by atoms with Crippen molar-refractivity contribution in [1.82, 2.24) is 14.8 Å². The van der Waals surface area contributed by atoms with Crippen LogP contribution in [-0.4, -0.2) is 52.8 Å². The van der Waals surface area contributed by atoms with Crippen LogP contribution < -0.4 is 0 Å². The summed E-state index contributed by atoms with van der Waals surface area (Å²) in [6, 6.07) is 0. The van der Waals surface area contributed by atoms with Crippen molar-refractivity contribution in [3.63, 3.8) is 0 Å². The summed E-state index contributed by atoms with van der Waals surface area (Å²) < 4.78 is 0. The van der Waals surface area contributed by atoms with Crippen molar-refractivity contribution in [3.05, 3.63) is 16.1 Å². The minimum Gasteiger partial charge on any atom is -0.339 e. The van der Waals surface area contributed by atoms with Gasteiger partial charge in [-0.2, -0.15) is 0 Å². The Hall–Kier alpha value is -0.360. The van der Waals surface area contributed by atoms with Crippen molar-refractivity contribution in [2.75, 3.05) is 32.1 Å². The number of thiazole rings is 1. The van der Waals surface area contributed by atoms with Gasteiger partial charge in [-0.15, -0.1) is 35.3 Å². The number of aryl methyl sites for hydroxylation is 1. The third-order valence-corrected chi connectivity index (χ3v) is 3.94. The number of aromatic nitrogens is 1. The van der Waals surface area contributed by atoms with Crippen LogP contribution in [-0.2, 0) is 11.3 Å². The van der Waals surface area contributed by atoms with Crippen LogP contribution >= 0.6 is 35.3 Å². The third-order valence-electron chi connectivity index (χ3n) is 2.89. The largest absolute Gasteiger partial charge is 0.339 e. The van der Waals surface area contributed by atoms with Gasteiger partial charge in [-0.25, -0.2) is 4.98 Å². The molecule has 1 aromatic rings. The van der Waals surface area contributed by atoms with Gasteiger partial charge >= 0.3 is 0 Å². The lowest BCUT2D eigenvalue weighted by atomic mass is 10.3. The number of rotatable bonds is 3. The van der Waals surface area contributed by atoms with E-state index in [-0.39, 0.29) is 24.2 Å². The first-order chi connectivity index (χ1) is 8.19. The van der Waals surface area contributed by atoms with Gasteiger partial charge in [0.15, 0.2) is 0 Å². The smallest absolute Gasteiger partial charge is 0.237 e. The number of halogens is 2. The first-order valence-corrected chi connectivity index (χ1v) is 7.07. The molecule has 1 aliphatic heterocycles. The number of carbonyl (C=O) groups is 1. The molecule has 1 aromatic heterocycles. The molecule has 2 heterocycles. The van der Waals surface area contributed by atoms with Gasteiger partial charge in [0.25, 0.3) is 0 Å². The van der Waals surface area contributed by atoms with Crippen molar-refractivity contribution >= 4 is 41.3 Å². The van der Waals surface area contributed by atoms with Crippen LogP contribution in [0.5, 0.6) is 0 Å². The summed E-state index contributed by atoms with van der Waals surface area (Å²) in [5, 5.41) is 3.21. The molecular weight excluding hydrogens is 293 g/mol. The van der Waals surface area contributed by atoms with Crippen LogP contribution in [0.25, 0.3) is 0 Å². The van der Waals surface area contributed by atoms with Crippen molar-refractivity contribution in [1.29, 1.82) is 0 Å². The van der Waals surface area contributed by atoms with Gasteiger partial charge in [0.1, 0.15) is 5.88 Å². The second kappa shape index (κ2) is 7.28. The normalized spacial score (nSPS) is 16.4. The molecule has 0 saturated carbocycles. The molecule has 4 nitrogen and oxygen atoms in total. The summed E-state index contributed by atoms with van der Waals surface area (Å²) in [4.78, 5) is 20.0. The van der Waals surface area contributed by atoms with E-state index in [1.165, 1.54) is 0 Å². The molecule has 0 unspecified atom stereocenters. The number of hydrogen-bond acceptors (Lipinski definition) is 4. The Morgan fingerprint density at radius 3 is 2.61 bits per heavy atom. The molecule has 1 amide bonds. The van der Waals surface area contributed by atoms with Crippen molar-refractivity contribution < 1.29 is 4.79 Å². The Labute approximate surface area is 122 Å². The van der Waals surface area contributed by atoms with Gasteiger partial charge in [-0.1, -0.05) is 0 Å². The van der Waals surface area contributed by atoms with Crippen LogP contribution in [0.1, 0.15) is 10.7 Å². The van der Waals surface area contributed by atoms with Gasteiger partial charge in [0.2, 0.25) is 5.91 Å². The van der Waals surface area contributed by atoms with Gasteiger partial charge in [-0.05, 0) is 6.92 Å². The lowest BCUT2D eigenvalue weighted by Gasteiger charge is -2.34. The summed E-state index contributed by atoms with van der Waals surface area (Å²) >= 11 is 7.22. The Morgan fingerprint density at radius 2 is 2.11 bits per heavy atom. The van der Waals surface area contributed by atoms with Crippen LogP contribution in [0, 0.1) is 6.92 Å². The number of carbonyl (C=O) groups excluding carboxylic acids is 1. The van der Waals surface area contributed by atoms with Crippen molar-refractivity contribution in [3.8, 4) is 0 Å². The Bertz CT molecular complexity index is 391. The van der Waals surface area contributed by atoms with Crippen molar-refractivity contribution in [2.45, 2.75) is 13.5 Å². The highest BCUT2D eigenvalue weighted by Gasteiger charge is 2.20. The molecule has 0 N–H and O–H groups in total. The molecule has 1 fully saturated rings. The molecule has 0 bridgehead atoms. The summed E-state index contributed by atoms with van der Waals surface area (Å²) in [6.07, 6.45) is 0. The molecule has 1 aliphatic rings. The standard InChI is InChI=1S/C11H16ClN3OS.ClH/c1-9-13-10(8-17-9)7-14-2-4-15(5-3-14)11(16)6-12;/h8H,2-7H2,1H3;1H.